The molecule has 0 aliphatic carbocycles. The highest BCUT2D eigenvalue weighted by Crippen LogP contribution is 2.56. The molecule has 21 rings (SSSR count). The number of hydrogen-bond acceptors (Lipinski definition) is 3. The average molecular weight is 1640 g/mol. The Morgan fingerprint density at radius 3 is 1.08 bits per heavy atom. The van der Waals surface area contributed by atoms with Gasteiger partial charge in [-0.05, 0) is 231 Å². The SMILES string of the molecule is [2H]c1c([2H])c([2H])c2c(c1[2H])c1c([2H])c([2H])c([2H])c([2H])c1n2-c1cccc2c1oc1c(N3c4cc(-n5c6ccc(C(C)(C)C)cc6c6cc(C(C)(C)C)ccc65)ccc4B4c5ccc(-c6cc(C(C)(C)C)cc(C(C)(C)C)c6)cc5N(c5c(-c6ccccc6)cc(C(C)(C)C)cc5-c5ccccc5)c5cc(-n6c7ccc(C(C)(C)C)cc7c7cc(C(C)(C)C)ccc76)cc3c54)cccc12. The largest absolute Gasteiger partial charge is 0.452 e. The summed E-state index contributed by atoms with van der Waals surface area (Å²) in [4.78, 5) is 5.14. The molecule has 0 N–H and O–H groups in total. The summed E-state index contributed by atoms with van der Waals surface area (Å²) in [5.74, 6) is 0. The predicted octanol–water partition coefficient (Wildman–Crippen LogP) is 31.0. The van der Waals surface area contributed by atoms with Crippen molar-refractivity contribution in [2.24, 2.45) is 0 Å². The quantitative estimate of drug-likeness (QED) is 0.142. The molecule has 15 aromatic carbocycles. The van der Waals surface area contributed by atoms with Gasteiger partial charge in [0.15, 0.2) is 11.2 Å². The molecule has 0 saturated heterocycles. The van der Waals surface area contributed by atoms with E-state index in [9.17, 15) is 8.22 Å². The molecular formula is C118H112BN5O. The van der Waals surface area contributed by atoms with Crippen LogP contribution < -0.4 is 26.2 Å². The minimum atomic E-state index is -0.515. The number of furan rings is 1. The zero-order valence-corrected chi connectivity index (χ0v) is 75.9. The minimum absolute atomic E-state index is 0.000667. The van der Waals surface area contributed by atoms with Gasteiger partial charge in [-0.1, -0.05) is 327 Å². The van der Waals surface area contributed by atoms with Crippen molar-refractivity contribution in [1.29, 1.82) is 0 Å². The number of rotatable bonds is 8. The molecule has 0 spiro atoms. The molecular weight excluding hydrogens is 1510 g/mol. The second-order valence-electron chi connectivity index (χ2n) is 42.5. The first-order chi connectivity index (χ1) is 62.7. The van der Waals surface area contributed by atoms with E-state index in [1.807, 2.05) is 18.2 Å². The second kappa shape index (κ2) is 27.8. The molecule has 0 fully saturated rings. The van der Waals surface area contributed by atoms with Gasteiger partial charge in [-0.3, -0.25) is 0 Å². The van der Waals surface area contributed by atoms with Crippen LogP contribution in [-0.2, 0) is 37.9 Å². The standard InChI is InChI=1S/C118H112BN5O/c1-112(2,3)75-47-54-98-90(62-75)91-63-76(113(4,5)6)48-55-99(91)120(98)82-51-53-95-105(68-82)123(103-45-33-41-87-86-40-32-44-102(110(86)125-111(87)103)122-96-42-30-28-38-84(96)85-39-29-31-43-97(85)122)106-69-83(121-100-56-49-77(114(7,8)9)64-92(100)93-65-78(115(10,11)12)50-57-101(93)121)70-107-108(106)119(95)94-52-46-73(74-58-79(116(13,14)15)61-80(59-74)117(16,17)18)60-104(94)124(107)109-88(71-34-24-22-25-35-71)66-81(118(19,20)21)67-89(109)72-36-26-23-27-37-72/h22-70H,1-21H3/i28D,29D,30D,31D,38D,39D,42D,43D. The topological polar surface area (TPSA) is 34.4 Å². The third-order valence-electron chi connectivity index (χ3n) is 26.9. The Morgan fingerprint density at radius 2 is 0.632 bits per heavy atom. The van der Waals surface area contributed by atoms with E-state index in [1.165, 1.54) is 38.9 Å². The third kappa shape index (κ3) is 12.8. The van der Waals surface area contributed by atoms with Crippen molar-refractivity contribution in [2.75, 3.05) is 9.80 Å². The van der Waals surface area contributed by atoms with Gasteiger partial charge in [0.2, 0.25) is 0 Å². The van der Waals surface area contributed by atoms with Gasteiger partial charge in [-0.15, -0.1) is 0 Å². The summed E-state index contributed by atoms with van der Waals surface area (Å²) >= 11 is 0. The smallest absolute Gasteiger partial charge is 0.252 e. The fourth-order valence-corrected chi connectivity index (χ4v) is 19.8. The van der Waals surface area contributed by atoms with Gasteiger partial charge in [0, 0.05) is 82.7 Å². The summed E-state index contributed by atoms with van der Waals surface area (Å²) in [7, 11) is 0. The first-order valence-electron chi connectivity index (χ1n) is 48.4. The molecule has 125 heavy (non-hydrogen) atoms. The number of para-hydroxylation sites is 4. The molecule has 19 aromatic rings. The molecule has 618 valence electrons. The normalized spacial score (nSPS) is 14.5. The van der Waals surface area contributed by atoms with Crippen LogP contribution in [0.25, 0.3) is 138 Å². The van der Waals surface area contributed by atoms with Crippen molar-refractivity contribution >= 4 is 145 Å². The predicted molar refractivity (Wildman–Crippen MR) is 538 cm³/mol. The van der Waals surface area contributed by atoms with E-state index in [4.69, 9.17) is 7.16 Å². The first kappa shape index (κ1) is 70.6. The van der Waals surface area contributed by atoms with Crippen LogP contribution in [0.3, 0.4) is 0 Å². The molecule has 0 atom stereocenters. The lowest BCUT2D eigenvalue weighted by Gasteiger charge is -2.45. The summed E-state index contributed by atoms with van der Waals surface area (Å²) in [5, 5.41) is 5.99. The summed E-state index contributed by atoms with van der Waals surface area (Å²) in [6, 6.07) is 90.4. The molecule has 0 bridgehead atoms. The van der Waals surface area contributed by atoms with Gasteiger partial charge >= 0.3 is 0 Å². The highest BCUT2D eigenvalue weighted by Gasteiger charge is 2.47. The molecule has 2 aliphatic rings. The first-order valence-corrected chi connectivity index (χ1v) is 44.4. The average Bonchev–Trinajstić information content (AvgIpc) is 1.42. The van der Waals surface area contributed by atoms with E-state index in [-0.39, 0.29) is 59.7 Å². The van der Waals surface area contributed by atoms with Crippen molar-refractivity contribution in [3.8, 4) is 50.4 Å². The number of nitrogens with zero attached hydrogens (tertiary/aromatic N) is 5. The van der Waals surface area contributed by atoms with Gasteiger partial charge in [-0.25, -0.2) is 0 Å². The van der Waals surface area contributed by atoms with E-state index >= 15 is 0 Å². The number of hydrogen-bond donors (Lipinski definition) is 0. The van der Waals surface area contributed by atoms with E-state index in [1.54, 1.807) is 4.57 Å². The molecule has 0 saturated carbocycles. The highest BCUT2D eigenvalue weighted by atomic mass is 16.3. The Bertz CT molecular complexity index is 7910. The summed E-state index contributed by atoms with van der Waals surface area (Å²) < 4.78 is 90.0. The van der Waals surface area contributed by atoms with Crippen molar-refractivity contribution in [2.45, 2.75) is 183 Å². The maximum absolute atomic E-state index is 9.82. The number of anilines is 6. The second-order valence-corrected chi connectivity index (χ2v) is 42.5. The summed E-state index contributed by atoms with van der Waals surface area (Å²) in [5.41, 5.74) is 29.7. The van der Waals surface area contributed by atoms with E-state index in [0.717, 1.165) is 139 Å². The zero-order chi connectivity index (χ0) is 94.0. The minimum Gasteiger partial charge on any atom is -0.452 e. The fourth-order valence-electron chi connectivity index (χ4n) is 19.8. The molecule has 6 nitrogen and oxygen atoms in total. The van der Waals surface area contributed by atoms with Crippen LogP contribution in [0.4, 0.5) is 34.1 Å². The summed E-state index contributed by atoms with van der Waals surface area (Å²) in [6.07, 6.45) is 0. The molecule has 2 aliphatic heterocycles. The van der Waals surface area contributed by atoms with E-state index in [2.05, 4.69) is 395 Å². The Labute approximate surface area is 748 Å². The van der Waals surface area contributed by atoms with E-state index in [0.29, 0.717) is 27.9 Å². The molecule has 7 heteroatoms. The fraction of sp³-hybridized carbons (Fsp3) is 0.237. The molecule has 4 aromatic heterocycles. The van der Waals surface area contributed by atoms with Crippen molar-refractivity contribution < 1.29 is 15.4 Å². The molecule has 0 radical (unpaired) electrons. The number of benzene rings is 15. The number of aromatic nitrogens is 3. The molecule has 6 heterocycles. The Morgan fingerprint density at radius 1 is 0.248 bits per heavy atom. The third-order valence-corrected chi connectivity index (χ3v) is 26.9. The monoisotopic (exact) mass is 1630 g/mol. The van der Waals surface area contributed by atoms with Crippen LogP contribution in [0, 0.1) is 0 Å². The van der Waals surface area contributed by atoms with Gasteiger partial charge in [0.05, 0.1) is 66.8 Å². The summed E-state index contributed by atoms with van der Waals surface area (Å²) in [6.45, 7) is 48.0. The van der Waals surface area contributed by atoms with Crippen LogP contribution in [0.1, 0.15) is 195 Å². The lowest BCUT2D eigenvalue weighted by molar-refractivity contribution is 0.569. The van der Waals surface area contributed by atoms with Crippen molar-refractivity contribution in [3.05, 3.63) is 336 Å². The van der Waals surface area contributed by atoms with Crippen LogP contribution in [0.5, 0.6) is 0 Å². The maximum atomic E-state index is 9.82. The van der Waals surface area contributed by atoms with Crippen molar-refractivity contribution in [3.63, 3.8) is 0 Å². The maximum Gasteiger partial charge on any atom is 0.252 e. The Kier molecular flexibility index (Phi) is 15.7. The van der Waals surface area contributed by atoms with Gasteiger partial charge in [0.25, 0.3) is 6.71 Å². The van der Waals surface area contributed by atoms with Crippen LogP contribution in [0.2, 0.25) is 0 Å². The van der Waals surface area contributed by atoms with E-state index < -0.39 is 55.1 Å². The van der Waals surface area contributed by atoms with Crippen molar-refractivity contribution in [1.82, 2.24) is 13.7 Å². The van der Waals surface area contributed by atoms with Crippen LogP contribution >= 0.6 is 0 Å². The van der Waals surface area contributed by atoms with Crippen LogP contribution in [-0.4, -0.2) is 20.4 Å². The molecule has 0 amide bonds. The highest BCUT2D eigenvalue weighted by molar-refractivity contribution is 7.00. The Balaban J connectivity index is 0.967. The Hall–Kier alpha value is -12.8. The molecule has 0 unspecified atom stereocenters. The zero-order valence-electron chi connectivity index (χ0n) is 83.9. The lowest BCUT2D eigenvalue weighted by atomic mass is 9.33. The lowest BCUT2D eigenvalue weighted by Crippen LogP contribution is -2.61. The van der Waals surface area contributed by atoms with Crippen LogP contribution in [0.15, 0.2) is 301 Å². The van der Waals surface area contributed by atoms with Gasteiger partial charge in [-0.2, -0.15) is 0 Å². The van der Waals surface area contributed by atoms with Gasteiger partial charge < -0.3 is 27.9 Å². The van der Waals surface area contributed by atoms with Gasteiger partial charge in [0.1, 0.15) is 0 Å². The number of fused-ring (bicyclic) bond motifs is 16.